The highest BCUT2D eigenvalue weighted by atomic mass is 35.5. The van der Waals surface area contributed by atoms with Crippen molar-refractivity contribution in [3.05, 3.63) is 87.4 Å². The Morgan fingerprint density at radius 2 is 1.83 bits per heavy atom. The van der Waals surface area contributed by atoms with Gasteiger partial charge in [-0.2, -0.15) is 0 Å². The van der Waals surface area contributed by atoms with Crippen LogP contribution in [0.1, 0.15) is 33.9 Å². The van der Waals surface area contributed by atoms with Crippen LogP contribution < -0.4 is 5.32 Å². The van der Waals surface area contributed by atoms with Crippen molar-refractivity contribution in [3.8, 4) is 11.4 Å². The van der Waals surface area contributed by atoms with Gasteiger partial charge in [-0.25, -0.2) is 4.98 Å². The fourth-order valence-electron chi connectivity index (χ4n) is 3.94. The standard InChI is InChI=1S/C23H17Cl2N3O/c24-16-6-3-7-17(25)21(16)22-26-19-11-9-14(12-20(19)27-22)23(29)28-18-10-8-13-4-1-2-5-15(13)18/h1-7,9,11-12,18H,8,10H2,(H,26,27)(H,28,29)/t18-/m1/s1. The summed E-state index contributed by atoms with van der Waals surface area (Å²) >= 11 is 12.6. The van der Waals surface area contributed by atoms with Gasteiger partial charge in [-0.3, -0.25) is 4.79 Å². The van der Waals surface area contributed by atoms with Gasteiger partial charge in [0, 0.05) is 5.56 Å². The lowest BCUT2D eigenvalue weighted by atomic mass is 10.1. The number of imidazole rings is 1. The van der Waals surface area contributed by atoms with E-state index >= 15 is 0 Å². The number of carbonyl (C=O) groups is 1. The van der Waals surface area contributed by atoms with E-state index < -0.39 is 0 Å². The molecule has 4 aromatic rings. The van der Waals surface area contributed by atoms with Crippen LogP contribution in [0, 0.1) is 0 Å². The van der Waals surface area contributed by atoms with Crippen LogP contribution in [0.25, 0.3) is 22.4 Å². The summed E-state index contributed by atoms with van der Waals surface area (Å²) in [6, 6.07) is 19.1. The lowest BCUT2D eigenvalue weighted by molar-refractivity contribution is 0.0937. The number of aryl methyl sites for hydroxylation is 1. The molecule has 0 radical (unpaired) electrons. The maximum Gasteiger partial charge on any atom is 0.251 e. The van der Waals surface area contributed by atoms with E-state index in [2.05, 4.69) is 27.4 Å². The second kappa shape index (κ2) is 7.21. The third-order valence-electron chi connectivity index (χ3n) is 5.38. The van der Waals surface area contributed by atoms with Crippen molar-refractivity contribution in [2.45, 2.75) is 18.9 Å². The Labute approximate surface area is 177 Å². The first-order valence-electron chi connectivity index (χ1n) is 9.43. The molecule has 6 heteroatoms. The van der Waals surface area contributed by atoms with E-state index in [1.165, 1.54) is 11.1 Å². The lowest BCUT2D eigenvalue weighted by Gasteiger charge is -2.14. The molecular formula is C23H17Cl2N3O. The summed E-state index contributed by atoms with van der Waals surface area (Å²) in [5, 5.41) is 4.20. The van der Waals surface area contributed by atoms with Gasteiger partial charge in [0.15, 0.2) is 0 Å². The zero-order chi connectivity index (χ0) is 20.0. The molecule has 5 rings (SSSR count). The van der Waals surface area contributed by atoms with Gasteiger partial charge >= 0.3 is 0 Å². The van der Waals surface area contributed by atoms with Gasteiger partial charge in [0.1, 0.15) is 5.82 Å². The Morgan fingerprint density at radius 3 is 2.66 bits per heavy atom. The highest BCUT2D eigenvalue weighted by Crippen LogP contribution is 2.34. The van der Waals surface area contributed by atoms with Crippen LogP contribution >= 0.6 is 23.2 Å². The summed E-state index contributed by atoms with van der Waals surface area (Å²) in [6.45, 7) is 0. The smallest absolute Gasteiger partial charge is 0.251 e. The van der Waals surface area contributed by atoms with Gasteiger partial charge in [0.25, 0.3) is 5.91 Å². The van der Waals surface area contributed by atoms with Gasteiger partial charge in [-0.1, -0.05) is 53.5 Å². The van der Waals surface area contributed by atoms with Crippen LogP contribution in [0.4, 0.5) is 0 Å². The molecule has 1 atom stereocenters. The van der Waals surface area contributed by atoms with Gasteiger partial charge in [0.2, 0.25) is 0 Å². The van der Waals surface area contributed by atoms with Gasteiger partial charge in [0.05, 0.1) is 32.7 Å². The summed E-state index contributed by atoms with van der Waals surface area (Å²) in [6.07, 6.45) is 1.91. The lowest BCUT2D eigenvalue weighted by Crippen LogP contribution is -2.27. The summed E-state index contributed by atoms with van der Waals surface area (Å²) in [7, 11) is 0. The number of benzene rings is 3. The maximum atomic E-state index is 12.9. The highest BCUT2D eigenvalue weighted by Gasteiger charge is 2.24. The molecule has 4 nitrogen and oxygen atoms in total. The minimum atomic E-state index is -0.0967. The third-order valence-corrected chi connectivity index (χ3v) is 6.01. The molecule has 0 aliphatic heterocycles. The summed E-state index contributed by atoms with van der Waals surface area (Å²) < 4.78 is 0. The first-order valence-corrected chi connectivity index (χ1v) is 10.2. The average Bonchev–Trinajstić information content (AvgIpc) is 3.31. The molecule has 0 bridgehead atoms. The van der Waals surface area contributed by atoms with Crippen molar-refractivity contribution in [1.29, 1.82) is 0 Å². The number of amides is 1. The Kier molecular flexibility index (Phi) is 4.53. The van der Waals surface area contributed by atoms with Crippen molar-refractivity contribution in [1.82, 2.24) is 15.3 Å². The molecule has 1 heterocycles. The van der Waals surface area contributed by atoms with E-state index in [4.69, 9.17) is 23.2 Å². The van der Waals surface area contributed by atoms with Crippen LogP contribution in [0.15, 0.2) is 60.7 Å². The number of hydrogen-bond acceptors (Lipinski definition) is 2. The number of fused-ring (bicyclic) bond motifs is 2. The Balaban J connectivity index is 1.44. The number of nitrogens with one attached hydrogen (secondary N) is 2. The van der Waals surface area contributed by atoms with Crippen molar-refractivity contribution in [3.63, 3.8) is 0 Å². The monoisotopic (exact) mass is 421 g/mol. The Hall–Kier alpha value is -2.82. The first-order chi connectivity index (χ1) is 14.1. The van der Waals surface area contributed by atoms with E-state index in [0.29, 0.717) is 27.0 Å². The molecule has 2 N–H and O–H groups in total. The van der Waals surface area contributed by atoms with Gasteiger partial charge < -0.3 is 10.3 Å². The van der Waals surface area contributed by atoms with Gasteiger partial charge in [-0.15, -0.1) is 0 Å². The fraction of sp³-hybridized carbons (Fsp3) is 0.130. The van der Waals surface area contributed by atoms with Crippen LogP contribution in [-0.2, 0) is 6.42 Å². The number of hydrogen-bond donors (Lipinski definition) is 2. The number of nitrogens with zero attached hydrogens (tertiary/aromatic N) is 1. The fourth-order valence-corrected chi connectivity index (χ4v) is 4.52. The number of carbonyl (C=O) groups excluding carboxylic acids is 1. The van der Waals surface area contributed by atoms with Crippen molar-refractivity contribution < 1.29 is 4.79 Å². The molecule has 0 saturated carbocycles. The van der Waals surface area contributed by atoms with Crippen LogP contribution in [0.3, 0.4) is 0 Å². The highest BCUT2D eigenvalue weighted by molar-refractivity contribution is 6.39. The molecule has 144 valence electrons. The van der Waals surface area contributed by atoms with Crippen LogP contribution in [0.5, 0.6) is 0 Å². The number of aromatic nitrogens is 2. The molecule has 0 fully saturated rings. The van der Waals surface area contributed by atoms with E-state index in [-0.39, 0.29) is 11.9 Å². The molecule has 0 unspecified atom stereocenters. The van der Waals surface area contributed by atoms with E-state index in [0.717, 1.165) is 23.9 Å². The third kappa shape index (κ3) is 3.28. The zero-order valence-electron chi connectivity index (χ0n) is 15.4. The van der Waals surface area contributed by atoms with E-state index in [1.807, 2.05) is 24.3 Å². The topological polar surface area (TPSA) is 57.8 Å². The molecule has 1 aromatic heterocycles. The summed E-state index contributed by atoms with van der Waals surface area (Å²) in [4.78, 5) is 20.7. The quantitative estimate of drug-likeness (QED) is 0.428. The molecule has 3 aromatic carbocycles. The zero-order valence-corrected chi connectivity index (χ0v) is 16.9. The van der Waals surface area contributed by atoms with E-state index in [1.54, 1.807) is 24.3 Å². The number of rotatable bonds is 3. The first kappa shape index (κ1) is 18.2. The van der Waals surface area contributed by atoms with Crippen molar-refractivity contribution in [2.24, 2.45) is 0 Å². The number of halogens is 2. The van der Waals surface area contributed by atoms with Crippen molar-refractivity contribution >= 4 is 40.1 Å². The van der Waals surface area contributed by atoms with Crippen LogP contribution in [-0.4, -0.2) is 15.9 Å². The van der Waals surface area contributed by atoms with Crippen molar-refractivity contribution in [2.75, 3.05) is 0 Å². The van der Waals surface area contributed by atoms with E-state index in [9.17, 15) is 4.79 Å². The average molecular weight is 422 g/mol. The SMILES string of the molecule is O=C(N[C@@H]1CCc2ccccc21)c1ccc2nc(-c3c(Cl)cccc3Cl)[nH]c2c1. The Bertz CT molecular complexity index is 1230. The second-order valence-corrected chi connectivity index (χ2v) is 7.99. The largest absolute Gasteiger partial charge is 0.345 e. The predicted octanol–water partition coefficient (Wildman–Crippen LogP) is 5.95. The molecule has 1 amide bonds. The van der Waals surface area contributed by atoms with Crippen LogP contribution in [0.2, 0.25) is 10.0 Å². The minimum Gasteiger partial charge on any atom is -0.345 e. The maximum absolute atomic E-state index is 12.9. The summed E-state index contributed by atoms with van der Waals surface area (Å²) in [5.41, 5.74) is 5.26. The normalized spacial score (nSPS) is 15.4. The Morgan fingerprint density at radius 1 is 1.03 bits per heavy atom. The number of H-pyrrole nitrogens is 1. The molecule has 0 spiro atoms. The second-order valence-electron chi connectivity index (χ2n) is 7.18. The molecule has 1 aliphatic rings. The molecular weight excluding hydrogens is 405 g/mol. The molecule has 1 aliphatic carbocycles. The molecule has 0 saturated heterocycles. The van der Waals surface area contributed by atoms with Gasteiger partial charge in [-0.05, 0) is 54.3 Å². The minimum absolute atomic E-state index is 0.0497. The summed E-state index contributed by atoms with van der Waals surface area (Å²) in [5.74, 6) is 0.485. The predicted molar refractivity (Wildman–Crippen MR) is 117 cm³/mol. The molecule has 29 heavy (non-hydrogen) atoms. The number of aromatic amines is 1.